The van der Waals surface area contributed by atoms with Gasteiger partial charge in [-0.05, 0) is 37.7 Å². The summed E-state index contributed by atoms with van der Waals surface area (Å²) in [6.45, 7) is 1.73. The molecule has 2 saturated carbocycles. The fourth-order valence-corrected chi connectivity index (χ4v) is 4.59. The van der Waals surface area contributed by atoms with Crippen molar-refractivity contribution in [2.75, 3.05) is 12.4 Å². The first kappa shape index (κ1) is 20.2. The van der Waals surface area contributed by atoms with E-state index in [1.807, 2.05) is 0 Å². The number of nitrogens with one attached hydrogen (secondary N) is 2. The number of aromatic nitrogens is 5. The molecule has 2 N–H and O–H groups in total. The third-order valence-corrected chi connectivity index (χ3v) is 6.61. The number of nitrogens with zero attached hydrogens (tertiary/aromatic N) is 4. The predicted octanol–water partition coefficient (Wildman–Crippen LogP) is 4.11. The van der Waals surface area contributed by atoms with Crippen LogP contribution in [0.1, 0.15) is 36.5 Å². The molecule has 0 spiro atoms. The standard InChI is InChI=1S/C23H22F2N6O2/c1-10-18(13-6-27-30-21(13)19(20(10)25)22(33-2)11-3-4-11)15-8-31-9-16(28-17(31)7-26-15)29-23(32)12-5-14(12)24/h6-9,11-12,14,22H,3-5H2,1-2H3,(H,27,30)(H,29,32)/t12-,14+,22?/m1/s1. The SMILES string of the molecule is COC(c1c(F)c(C)c(-c2cn3cc(NC(=O)[C@@H]4C[C@@H]4F)nc3cn2)c2cn[nH]c12)C1CC1. The summed E-state index contributed by atoms with van der Waals surface area (Å²) < 4.78 is 36.2. The third-order valence-electron chi connectivity index (χ3n) is 6.61. The molecule has 3 heterocycles. The lowest BCUT2D eigenvalue weighted by Gasteiger charge is -2.20. The Morgan fingerprint density at radius 1 is 1.33 bits per heavy atom. The van der Waals surface area contributed by atoms with E-state index in [1.165, 1.54) is 0 Å². The summed E-state index contributed by atoms with van der Waals surface area (Å²) in [5, 5.41) is 10.5. The molecule has 1 aromatic carbocycles. The van der Waals surface area contributed by atoms with Crippen LogP contribution in [0.4, 0.5) is 14.6 Å². The zero-order chi connectivity index (χ0) is 22.9. The molecule has 1 unspecified atom stereocenters. The molecule has 4 aromatic rings. The summed E-state index contributed by atoms with van der Waals surface area (Å²) in [5.74, 6) is -0.688. The molecule has 170 valence electrons. The third kappa shape index (κ3) is 3.28. The molecular weight excluding hydrogens is 430 g/mol. The van der Waals surface area contributed by atoms with Crippen LogP contribution < -0.4 is 5.32 Å². The second-order valence-corrected chi connectivity index (χ2v) is 8.89. The van der Waals surface area contributed by atoms with E-state index in [0.29, 0.717) is 45.3 Å². The average Bonchev–Trinajstić information content (AvgIpc) is 3.68. The van der Waals surface area contributed by atoms with E-state index in [4.69, 9.17) is 4.74 Å². The number of benzene rings is 1. The zero-order valence-corrected chi connectivity index (χ0v) is 18.1. The highest BCUT2D eigenvalue weighted by Crippen LogP contribution is 2.47. The van der Waals surface area contributed by atoms with Crippen molar-refractivity contribution in [3.8, 4) is 11.3 Å². The topological polar surface area (TPSA) is 97.2 Å². The van der Waals surface area contributed by atoms with Gasteiger partial charge in [0.2, 0.25) is 5.91 Å². The molecule has 3 aromatic heterocycles. The molecule has 0 radical (unpaired) electrons. The van der Waals surface area contributed by atoms with E-state index >= 15 is 4.39 Å². The minimum Gasteiger partial charge on any atom is -0.376 e. The predicted molar refractivity (Wildman–Crippen MR) is 117 cm³/mol. The molecule has 0 bridgehead atoms. The number of carbonyl (C=O) groups excluding carboxylic acids is 1. The van der Waals surface area contributed by atoms with Crippen LogP contribution in [-0.2, 0) is 9.53 Å². The Morgan fingerprint density at radius 3 is 2.82 bits per heavy atom. The number of aromatic amines is 1. The van der Waals surface area contributed by atoms with Crippen molar-refractivity contribution >= 4 is 28.3 Å². The summed E-state index contributed by atoms with van der Waals surface area (Å²) in [4.78, 5) is 20.9. The largest absolute Gasteiger partial charge is 0.376 e. The van der Waals surface area contributed by atoms with Crippen LogP contribution in [0.3, 0.4) is 0 Å². The summed E-state index contributed by atoms with van der Waals surface area (Å²) in [5.41, 5.74) is 3.26. The maximum atomic E-state index is 15.7. The first-order valence-electron chi connectivity index (χ1n) is 10.9. The van der Waals surface area contributed by atoms with E-state index in [1.54, 1.807) is 43.2 Å². The number of carbonyl (C=O) groups is 1. The second kappa shape index (κ2) is 7.31. The average molecular weight is 452 g/mol. The quantitative estimate of drug-likeness (QED) is 0.459. The van der Waals surface area contributed by atoms with Crippen LogP contribution in [0, 0.1) is 24.6 Å². The van der Waals surface area contributed by atoms with E-state index in [0.717, 1.165) is 18.2 Å². The Hall–Kier alpha value is -3.40. The van der Waals surface area contributed by atoms with E-state index < -0.39 is 12.1 Å². The number of alkyl halides is 1. The number of ether oxygens (including phenoxy) is 1. The number of amides is 1. The van der Waals surface area contributed by atoms with Crippen molar-refractivity contribution in [3.63, 3.8) is 0 Å². The molecule has 33 heavy (non-hydrogen) atoms. The van der Waals surface area contributed by atoms with Crippen molar-refractivity contribution in [1.29, 1.82) is 0 Å². The second-order valence-electron chi connectivity index (χ2n) is 8.89. The number of halogens is 2. The summed E-state index contributed by atoms with van der Waals surface area (Å²) >= 11 is 0. The molecular formula is C23H22F2N6O2. The summed E-state index contributed by atoms with van der Waals surface area (Å²) in [7, 11) is 1.61. The minimum absolute atomic E-state index is 0.247. The number of hydrogen-bond acceptors (Lipinski definition) is 5. The molecule has 0 aliphatic heterocycles. The Kier molecular flexibility index (Phi) is 4.48. The van der Waals surface area contributed by atoms with Crippen LogP contribution in [-0.4, -0.2) is 43.8 Å². The molecule has 8 nitrogen and oxygen atoms in total. The Bertz CT molecular complexity index is 1410. The van der Waals surface area contributed by atoms with Crippen LogP contribution in [0.2, 0.25) is 0 Å². The molecule has 2 aliphatic rings. The van der Waals surface area contributed by atoms with Crippen molar-refractivity contribution in [2.24, 2.45) is 11.8 Å². The van der Waals surface area contributed by atoms with Gasteiger partial charge in [0.15, 0.2) is 11.5 Å². The van der Waals surface area contributed by atoms with Crippen molar-refractivity contribution in [2.45, 2.75) is 38.5 Å². The van der Waals surface area contributed by atoms with Crippen LogP contribution in [0.25, 0.3) is 27.8 Å². The number of methoxy groups -OCH3 is 1. The Morgan fingerprint density at radius 2 is 2.12 bits per heavy atom. The number of H-pyrrole nitrogens is 1. The van der Waals surface area contributed by atoms with Crippen LogP contribution in [0.5, 0.6) is 0 Å². The van der Waals surface area contributed by atoms with Crippen LogP contribution >= 0.6 is 0 Å². The van der Waals surface area contributed by atoms with Crippen molar-refractivity contribution in [1.82, 2.24) is 24.6 Å². The highest BCUT2D eigenvalue weighted by Gasteiger charge is 2.43. The molecule has 6 rings (SSSR count). The van der Waals surface area contributed by atoms with Crippen LogP contribution in [0.15, 0.2) is 24.8 Å². The van der Waals surface area contributed by atoms with E-state index in [9.17, 15) is 9.18 Å². The molecule has 10 heteroatoms. The van der Waals surface area contributed by atoms with Gasteiger partial charge in [-0.15, -0.1) is 0 Å². The zero-order valence-electron chi connectivity index (χ0n) is 18.1. The monoisotopic (exact) mass is 452 g/mol. The first-order chi connectivity index (χ1) is 16.0. The number of hydrogen-bond donors (Lipinski definition) is 2. The number of rotatable bonds is 6. The molecule has 3 atom stereocenters. The van der Waals surface area contributed by atoms with Gasteiger partial charge in [-0.2, -0.15) is 5.10 Å². The summed E-state index contributed by atoms with van der Waals surface area (Å²) in [6, 6.07) is 0. The molecule has 0 saturated heterocycles. The molecule has 2 aliphatic carbocycles. The number of anilines is 1. The van der Waals surface area contributed by atoms with Crippen molar-refractivity contribution in [3.05, 3.63) is 41.7 Å². The maximum absolute atomic E-state index is 15.7. The van der Waals surface area contributed by atoms with Gasteiger partial charge in [-0.25, -0.2) is 13.8 Å². The fraction of sp³-hybridized carbons (Fsp3) is 0.391. The maximum Gasteiger partial charge on any atom is 0.231 e. The molecule has 2 fully saturated rings. The van der Waals surface area contributed by atoms with Gasteiger partial charge in [-0.3, -0.25) is 14.9 Å². The normalized spacial score (nSPS) is 21.0. The van der Waals surface area contributed by atoms with Gasteiger partial charge in [0.1, 0.15) is 12.0 Å². The van der Waals surface area contributed by atoms with Crippen molar-refractivity contribution < 1.29 is 18.3 Å². The highest BCUT2D eigenvalue weighted by molar-refractivity contribution is 5.97. The highest BCUT2D eigenvalue weighted by atomic mass is 19.1. The number of imidazole rings is 1. The van der Waals surface area contributed by atoms with E-state index in [2.05, 4.69) is 25.5 Å². The lowest BCUT2D eigenvalue weighted by molar-refractivity contribution is -0.117. The van der Waals surface area contributed by atoms with Gasteiger partial charge in [-0.1, -0.05) is 0 Å². The lowest BCUT2D eigenvalue weighted by atomic mass is 9.93. The van der Waals surface area contributed by atoms with Gasteiger partial charge < -0.3 is 14.5 Å². The van der Waals surface area contributed by atoms with Gasteiger partial charge in [0.25, 0.3) is 0 Å². The molecule has 1 amide bonds. The van der Waals surface area contributed by atoms with E-state index in [-0.39, 0.29) is 24.2 Å². The first-order valence-corrected chi connectivity index (χ1v) is 10.9. The lowest BCUT2D eigenvalue weighted by Crippen LogP contribution is -2.15. The minimum atomic E-state index is -1.08. The number of fused-ring (bicyclic) bond motifs is 2. The smallest absolute Gasteiger partial charge is 0.231 e. The van der Waals surface area contributed by atoms with Gasteiger partial charge in [0.05, 0.1) is 41.8 Å². The fourth-order valence-electron chi connectivity index (χ4n) is 4.59. The Labute approximate surface area is 187 Å². The van der Waals surface area contributed by atoms with Gasteiger partial charge >= 0.3 is 0 Å². The summed E-state index contributed by atoms with van der Waals surface area (Å²) in [6.07, 6.45) is 7.46. The Balaban J connectivity index is 1.42. The van der Waals surface area contributed by atoms with Gasteiger partial charge in [0, 0.05) is 29.8 Å².